The summed E-state index contributed by atoms with van der Waals surface area (Å²) in [4.78, 5) is 28.5. The molecule has 1 unspecified atom stereocenters. The summed E-state index contributed by atoms with van der Waals surface area (Å²) in [5.41, 5.74) is 2.11. The Kier molecular flexibility index (Phi) is 3.18. The van der Waals surface area contributed by atoms with Gasteiger partial charge in [-0.15, -0.1) is 0 Å². The summed E-state index contributed by atoms with van der Waals surface area (Å²) in [5.74, 6) is 1.40. The molecule has 2 saturated heterocycles. The molecule has 1 saturated carbocycles. The standard InChI is InChI=1S/C17H21N3O2/c1-11-2-4-12(5-3-11)20-7-6-19(10-15(20)21)17(22)16-13-8-18-9-14(13)16/h2-5,13-14,16,18H,6-10H2,1H3/t13-,14+,16?. The second kappa shape index (κ2) is 5.09. The summed E-state index contributed by atoms with van der Waals surface area (Å²) in [6, 6.07) is 7.97. The molecule has 0 bridgehead atoms. The number of nitrogens with one attached hydrogen (secondary N) is 1. The molecule has 3 aliphatic rings. The summed E-state index contributed by atoms with van der Waals surface area (Å²) in [6.07, 6.45) is 0. The quantitative estimate of drug-likeness (QED) is 0.872. The Morgan fingerprint density at radius 1 is 1.14 bits per heavy atom. The molecule has 116 valence electrons. The molecule has 1 aromatic carbocycles. The van der Waals surface area contributed by atoms with Crippen LogP contribution in [0.2, 0.25) is 0 Å². The predicted octanol–water partition coefficient (Wildman–Crippen LogP) is 0.636. The van der Waals surface area contributed by atoms with Crippen LogP contribution in [-0.2, 0) is 9.59 Å². The Bertz CT molecular complexity index is 603. The maximum atomic E-state index is 12.5. The highest BCUT2D eigenvalue weighted by atomic mass is 16.2. The normalized spacial score (nSPS) is 30.4. The van der Waals surface area contributed by atoms with E-state index in [-0.39, 0.29) is 24.3 Å². The molecule has 3 atom stereocenters. The van der Waals surface area contributed by atoms with Gasteiger partial charge in [0.05, 0.1) is 0 Å². The third-order valence-corrected chi connectivity index (χ3v) is 5.25. The summed E-state index contributed by atoms with van der Waals surface area (Å²) < 4.78 is 0. The van der Waals surface area contributed by atoms with Crippen molar-refractivity contribution in [1.82, 2.24) is 10.2 Å². The molecule has 2 amide bonds. The zero-order valence-corrected chi connectivity index (χ0v) is 12.8. The van der Waals surface area contributed by atoms with Crippen molar-refractivity contribution in [2.24, 2.45) is 17.8 Å². The second-order valence-corrected chi connectivity index (χ2v) is 6.65. The highest BCUT2D eigenvalue weighted by Gasteiger charge is 2.58. The SMILES string of the molecule is Cc1ccc(N2CCN(C(=O)C3[C@H]4CNC[C@@H]34)CC2=O)cc1. The topological polar surface area (TPSA) is 52.6 Å². The van der Waals surface area contributed by atoms with Crippen LogP contribution in [0, 0.1) is 24.7 Å². The number of amides is 2. The molecule has 22 heavy (non-hydrogen) atoms. The number of fused-ring (bicyclic) bond motifs is 1. The highest BCUT2D eigenvalue weighted by Crippen LogP contribution is 2.49. The Balaban J connectivity index is 1.41. The minimum absolute atomic E-state index is 0.0207. The van der Waals surface area contributed by atoms with Gasteiger partial charge >= 0.3 is 0 Å². The van der Waals surface area contributed by atoms with Crippen molar-refractivity contribution in [2.75, 3.05) is 37.6 Å². The Labute approximate surface area is 130 Å². The van der Waals surface area contributed by atoms with E-state index in [1.807, 2.05) is 31.2 Å². The van der Waals surface area contributed by atoms with Gasteiger partial charge in [-0.25, -0.2) is 0 Å². The Hall–Kier alpha value is -1.88. The number of anilines is 1. The van der Waals surface area contributed by atoms with Crippen molar-refractivity contribution in [2.45, 2.75) is 6.92 Å². The summed E-state index contributed by atoms with van der Waals surface area (Å²) in [7, 11) is 0. The Morgan fingerprint density at radius 2 is 1.82 bits per heavy atom. The summed E-state index contributed by atoms with van der Waals surface area (Å²) in [5, 5.41) is 3.31. The van der Waals surface area contributed by atoms with E-state index in [4.69, 9.17) is 0 Å². The smallest absolute Gasteiger partial charge is 0.246 e. The van der Waals surface area contributed by atoms with E-state index in [9.17, 15) is 9.59 Å². The molecule has 0 aromatic heterocycles. The number of carbonyl (C=O) groups is 2. The van der Waals surface area contributed by atoms with Gasteiger partial charge in [0.25, 0.3) is 0 Å². The van der Waals surface area contributed by atoms with Gasteiger partial charge in [0, 0.05) is 24.7 Å². The molecule has 5 heteroatoms. The molecule has 1 N–H and O–H groups in total. The number of hydrogen-bond acceptors (Lipinski definition) is 3. The van der Waals surface area contributed by atoms with E-state index in [0.717, 1.165) is 18.8 Å². The zero-order chi connectivity index (χ0) is 15.3. The highest BCUT2D eigenvalue weighted by molar-refractivity contribution is 5.98. The molecular formula is C17H21N3O2. The van der Waals surface area contributed by atoms with E-state index < -0.39 is 0 Å². The Morgan fingerprint density at radius 3 is 2.45 bits per heavy atom. The van der Waals surface area contributed by atoms with E-state index >= 15 is 0 Å². The zero-order valence-electron chi connectivity index (χ0n) is 12.8. The lowest BCUT2D eigenvalue weighted by Gasteiger charge is -2.34. The molecule has 0 spiro atoms. The number of piperidine rings is 1. The average molecular weight is 299 g/mol. The average Bonchev–Trinajstić information content (AvgIpc) is 2.99. The van der Waals surface area contributed by atoms with Gasteiger partial charge in [-0.05, 0) is 44.0 Å². The van der Waals surface area contributed by atoms with E-state index in [2.05, 4.69) is 5.32 Å². The molecule has 3 fully saturated rings. The van der Waals surface area contributed by atoms with Crippen molar-refractivity contribution < 1.29 is 9.59 Å². The van der Waals surface area contributed by atoms with Crippen molar-refractivity contribution in [3.8, 4) is 0 Å². The molecule has 2 heterocycles. The molecule has 1 aromatic rings. The van der Waals surface area contributed by atoms with Crippen LogP contribution in [0.3, 0.4) is 0 Å². The van der Waals surface area contributed by atoms with E-state index in [1.54, 1.807) is 9.80 Å². The minimum atomic E-state index is 0.0207. The first-order valence-corrected chi connectivity index (χ1v) is 8.01. The molecule has 2 aliphatic heterocycles. The lowest BCUT2D eigenvalue weighted by atomic mass is 10.1. The van der Waals surface area contributed by atoms with Gasteiger partial charge in [-0.1, -0.05) is 17.7 Å². The van der Waals surface area contributed by atoms with Crippen molar-refractivity contribution >= 4 is 17.5 Å². The van der Waals surface area contributed by atoms with Gasteiger partial charge in [-0.3, -0.25) is 9.59 Å². The first-order valence-electron chi connectivity index (χ1n) is 8.01. The number of rotatable bonds is 2. The summed E-state index contributed by atoms with van der Waals surface area (Å²) >= 11 is 0. The number of benzene rings is 1. The van der Waals surface area contributed by atoms with Crippen LogP contribution in [0.1, 0.15) is 5.56 Å². The van der Waals surface area contributed by atoms with Crippen molar-refractivity contribution in [1.29, 1.82) is 0 Å². The third-order valence-electron chi connectivity index (χ3n) is 5.25. The number of carbonyl (C=O) groups excluding carboxylic acids is 2. The van der Waals surface area contributed by atoms with E-state index in [1.165, 1.54) is 5.56 Å². The maximum Gasteiger partial charge on any atom is 0.246 e. The van der Waals surface area contributed by atoms with Crippen molar-refractivity contribution in [3.05, 3.63) is 29.8 Å². The molecule has 1 aliphatic carbocycles. The third kappa shape index (κ3) is 2.20. The second-order valence-electron chi connectivity index (χ2n) is 6.65. The molecule has 5 nitrogen and oxygen atoms in total. The van der Waals surface area contributed by atoms with Gasteiger partial charge in [0.15, 0.2) is 0 Å². The van der Waals surface area contributed by atoms with Crippen molar-refractivity contribution in [3.63, 3.8) is 0 Å². The fraction of sp³-hybridized carbons (Fsp3) is 0.529. The molecule has 4 rings (SSSR count). The first kappa shape index (κ1) is 13.8. The van der Waals surface area contributed by atoms with Crippen LogP contribution >= 0.6 is 0 Å². The number of piperazine rings is 1. The molecule has 0 radical (unpaired) electrons. The van der Waals surface area contributed by atoms with Crippen LogP contribution in [0.5, 0.6) is 0 Å². The van der Waals surface area contributed by atoms with Crippen LogP contribution in [0.25, 0.3) is 0 Å². The predicted molar refractivity (Wildman–Crippen MR) is 83.5 cm³/mol. The van der Waals surface area contributed by atoms with Gasteiger partial charge in [0.2, 0.25) is 11.8 Å². The van der Waals surface area contributed by atoms with Gasteiger partial charge < -0.3 is 15.1 Å². The lowest BCUT2D eigenvalue weighted by Crippen LogP contribution is -2.53. The summed E-state index contributed by atoms with van der Waals surface area (Å²) in [6.45, 7) is 5.39. The molecular weight excluding hydrogens is 278 g/mol. The van der Waals surface area contributed by atoms with Crippen LogP contribution in [0.4, 0.5) is 5.69 Å². The van der Waals surface area contributed by atoms with E-state index in [0.29, 0.717) is 24.9 Å². The fourth-order valence-electron chi connectivity index (χ4n) is 3.85. The van der Waals surface area contributed by atoms with Crippen LogP contribution < -0.4 is 10.2 Å². The largest absolute Gasteiger partial charge is 0.331 e. The first-order chi connectivity index (χ1) is 10.6. The number of aryl methyl sites for hydroxylation is 1. The van der Waals surface area contributed by atoms with Gasteiger partial charge in [-0.2, -0.15) is 0 Å². The number of nitrogens with zero attached hydrogens (tertiary/aromatic N) is 2. The minimum Gasteiger partial charge on any atom is -0.331 e. The lowest BCUT2D eigenvalue weighted by molar-refractivity contribution is -0.138. The van der Waals surface area contributed by atoms with Crippen LogP contribution in [-0.4, -0.2) is 49.4 Å². The van der Waals surface area contributed by atoms with Crippen LogP contribution in [0.15, 0.2) is 24.3 Å². The number of hydrogen-bond donors (Lipinski definition) is 1. The van der Waals surface area contributed by atoms with Gasteiger partial charge in [0.1, 0.15) is 6.54 Å². The monoisotopic (exact) mass is 299 g/mol. The fourth-order valence-corrected chi connectivity index (χ4v) is 3.85. The maximum absolute atomic E-state index is 12.5.